The van der Waals surface area contributed by atoms with E-state index in [4.69, 9.17) is 10.5 Å². The van der Waals surface area contributed by atoms with Crippen LogP contribution in [-0.2, 0) is 4.74 Å². The Morgan fingerprint density at radius 3 is 2.47 bits per heavy atom. The zero-order valence-electron chi connectivity index (χ0n) is 12.5. The molecule has 1 fully saturated rings. The highest BCUT2D eigenvalue weighted by atomic mass is 127. The van der Waals surface area contributed by atoms with Crippen molar-refractivity contribution in [1.29, 1.82) is 0 Å². The van der Waals surface area contributed by atoms with Gasteiger partial charge in [-0.2, -0.15) is 0 Å². The van der Waals surface area contributed by atoms with Gasteiger partial charge in [-0.25, -0.2) is 4.99 Å². The highest BCUT2D eigenvalue weighted by Crippen LogP contribution is 2.48. The van der Waals surface area contributed by atoms with Gasteiger partial charge in [-0.15, -0.1) is 24.0 Å². The molecule has 1 aliphatic rings. The quantitative estimate of drug-likeness (QED) is 0.322. The summed E-state index contributed by atoms with van der Waals surface area (Å²) in [6.45, 7) is 10.8. The molecule has 2 atom stereocenters. The number of methoxy groups -OCH3 is 1. The van der Waals surface area contributed by atoms with Crippen LogP contribution in [0.3, 0.4) is 0 Å². The number of guanidine groups is 1. The molecule has 5 heteroatoms. The minimum atomic E-state index is 0. The molecular weight excluding hydrogens is 353 g/mol. The Bertz CT molecular complexity index is 327. The first-order chi connectivity index (χ1) is 8.50. The summed E-state index contributed by atoms with van der Waals surface area (Å²) in [6, 6.07) is 0.367. The Morgan fingerprint density at radius 2 is 2.05 bits per heavy atom. The lowest BCUT2D eigenvalue weighted by molar-refractivity contribution is -0.118. The Kier molecular flexibility index (Phi) is 7.96. The maximum Gasteiger partial charge on any atom is 0.189 e. The summed E-state index contributed by atoms with van der Waals surface area (Å²) in [5.74, 6) is 0.517. The molecule has 0 heterocycles. The van der Waals surface area contributed by atoms with Gasteiger partial charge in [-0.1, -0.05) is 26.0 Å². The van der Waals surface area contributed by atoms with E-state index in [9.17, 15) is 0 Å². The molecule has 0 aliphatic heterocycles. The summed E-state index contributed by atoms with van der Waals surface area (Å²) >= 11 is 0. The second-order valence-electron chi connectivity index (χ2n) is 5.26. The number of ether oxygens (including phenoxy) is 1. The molecule has 3 N–H and O–H groups in total. The van der Waals surface area contributed by atoms with Crippen LogP contribution in [0.5, 0.6) is 0 Å². The van der Waals surface area contributed by atoms with Crippen molar-refractivity contribution in [2.24, 2.45) is 16.1 Å². The number of nitrogens with two attached hydrogens (primary N) is 1. The lowest BCUT2D eigenvalue weighted by atomic mass is 9.58. The smallest absolute Gasteiger partial charge is 0.189 e. The minimum absolute atomic E-state index is 0. The molecule has 0 aromatic heterocycles. The molecule has 1 rings (SSSR count). The largest absolute Gasteiger partial charge is 0.381 e. The molecule has 0 spiro atoms. The van der Waals surface area contributed by atoms with E-state index < -0.39 is 0 Å². The van der Waals surface area contributed by atoms with Crippen LogP contribution in [0.15, 0.2) is 17.1 Å². The Morgan fingerprint density at radius 1 is 1.47 bits per heavy atom. The minimum Gasteiger partial charge on any atom is -0.381 e. The van der Waals surface area contributed by atoms with Crippen LogP contribution in [-0.4, -0.2) is 31.8 Å². The molecular formula is C14H28IN3O. The van der Waals surface area contributed by atoms with Crippen molar-refractivity contribution in [3.05, 3.63) is 12.2 Å². The predicted molar refractivity (Wildman–Crippen MR) is 92.1 cm³/mol. The van der Waals surface area contributed by atoms with Crippen LogP contribution in [0, 0.1) is 5.41 Å². The molecule has 1 saturated carbocycles. The fourth-order valence-corrected chi connectivity index (χ4v) is 2.92. The summed E-state index contributed by atoms with van der Waals surface area (Å²) in [7, 11) is 1.79. The third-order valence-electron chi connectivity index (χ3n) is 4.23. The summed E-state index contributed by atoms with van der Waals surface area (Å²) in [6.07, 6.45) is 3.52. The SMILES string of the molecule is C=C(C)CN=C(N)NC1CC(OC)C1(CC)CC.I. The van der Waals surface area contributed by atoms with E-state index >= 15 is 0 Å². The first kappa shape index (κ1) is 18.7. The van der Waals surface area contributed by atoms with Crippen molar-refractivity contribution in [1.82, 2.24) is 5.32 Å². The van der Waals surface area contributed by atoms with Crippen LogP contribution in [0.25, 0.3) is 0 Å². The highest BCUT2D eigenvalue weighted by Gasteiger charge is 2.53. The second kappa shape index (κ2) is 8.09. The molecule has 0 aromatic carbocycles. The van der Waals surface area contributed by atoms with Crippen LogP contribution in [0.4, 0.5) is 0 Å². The van der Waals surface area contributed by atoms with Crippen molar-refractivity contribution < 1.29 is 4.74 Å². The number of aliphatic imine (C=N–C) groups is 1. The van der Waals surface area contributed by atoms with Crippen LogP contribution in [0.1, 0.15) is 40.0 Å². The number of halogens is 1. The van der Waals surface area contributed by atoms with Crippen molar-refractivity contribution in [3.8, 4) is 0 Å². The second-order valence-corrected chi connectivity index (χ2v) is 5.26. The van der Waals surface area contributed by atoms with Crippen molar-refractivity contribution in [2.45, 2.75) is 52.2 Å². The average Bonchev–Trinajstić information content (AvgIpc) is 2.33. The van der Waals surface area contributed by atoms with Crippen molar-refractivity contribution in [3.63, 3.8) is 0 Å². The fourth-order valence-electron chi connectivity index (χ4n) is 2.92. The monoisotopic (exact) mass is 381 g/mol. The standard InChI is InChI=1S/C14H27N3O.HI/c1-6-14(7-2)11(8-12(14)18-5)17-13(15)16-9-10(3)4;/h11-12H,3,6-9H2,1-2,4-5H3,(H3,15,16,17);1H. The van der Waals surface area contributed by atoms with E-state index in [0.29, 0.717) is 24.7 Å². The van der Waals surface area contributed by atoms with Gasteiger partial charge < -0.3 is 15.8 Å². The van der Waals surface area contributed by atoms with Crippen molar-refractivity contribution in [2.75, 3.05) is 13.7 Å². The average molecular weight is 381 g/mol. The number of hydrogen-bond donors (Lipinski definition) is 2. The molecule has 2 unspecified atom stereocenters. The van der Waals surface area contributed by atoms with E-state index in [1.807, 2.05) is 6.92 Å². The molecule has 0 amide bonds. The van der Waals surface area contributed by atoms with E-state index in [1.54, 1.807) is 7.11 Å². The molecule has 0 bridgehead atoms. The van der Waals surface area contributed by atoms with Gasteiger partial charge in [-0.3, -0.25) is 0 Å². The van der Waals surface area contributed by atoms with Gasteiger partial charge >= 0.3 is 0 Å². The Labute approximate surface area is 134 Å². The third kappa shape index (κ3) is 4.08. The lowest BCUT2D eigenvalue weighted by Gasteiger charge is -2.55. The summed E-state index contributed by atoms with van der Waals surface area (Å²) in [5, 5.41) is 3.34. The van der Waals surface area contributed by atoms with E-state index in [2.05, 4.69) is 30.7 Å². The van der Waals surface area contributed by atoms with E-state index in [1.165, 1.54) is 0 Å². The normalized spacial score (nSPS) is 25.2. The van der Waals surface area contributed by atoms with Gasteiger partial charge in [0, 0.05) is 18.6 Å². The van der Waals surface area contributed by atoms with Crippen LogP contribution < -0.4 is 11.1 Å². The predicted octanol–water partition coefficient (Wildman–Crippen LogP) is 2.68. The van der Waals surface area contributed by atoms with Crippen LogP contribution in [0.2, 0.25) is 0 Å². The van der Waals surface area contributed by atoms with Gasteiger partial charge in [0.25, 0.3) is 0 Å². The van der Waals surface area contributed by atoms with Crippen molar-refractivity contribution >= 4 is 29.9 Å². The van der Waals surface area contributed by atoms with E-state index in [-0.39, 0.29) is 29.4 Å². The number of rotatable bonds is 6. The Balaban J connectivity index is 0.00000324. The van der Waals surface area contributed by atoms with Gasteiger partial charge in [-0.05, 0) is 26.2 Å². The maximum absolute atomic E-state index is 5.91. The molecule has 19 heavy (non-hydrogen) atoms. The zero-order valence-corrected chi connectivity index (χ0v) is 14.9. The molecule has 0 saturated heterocycles. The van der Waals surface area contributed by atoms with E-state index in [0.717, 1.165) is 24.8 Å². The number of nitrogens with one attached hydrogen (secondary N) is 1. The molecule has 0 aromatic rings. The number of nitrogens with zero attached hydrogens (tertiary/aromatic N) is 1. The van der Waals surface area contributed by atoms with Gasteiger partial charge in [0.05, 0.1) is 12.6 Å². The fraction of sp³-hybridized carbons (Fsp3) is 0.786. The van der Waals surface area contributed by atoms with Gasteiger partial charge in [0.15, 0.2) is 5.96 Å². The summed E-state index contributed by atoms with van der Waals surface area (Å²) in [5.41, 5.74) is 7.11. The first-order valence-corrected chi connectivity index (χ1v) is 6.73. The summed E-state index contributed by atoms with van der Waals surface area (Å²) in [4.78, 5) is 4.27. The third-order valence-corrected chi connectivity index (χ3v) is 4.23. The molecule has 4 nitrogen and oxygen atoms in total. The first-order valence-electron chi connectivity index (χ1n) is 6.73. The Hall–Kier alpha value is -0.300. The van der Waals surface area contributed by atoms with Crippen LogP contribution >= 0.6 is 24.0 Å². The zero-order chi connectivity index (χ0) is 13.8. The number of hydrogen-bond acceptors (Lipinski definition) is 2. The molecule has 112 valence electrons. The maximum atomic E-state index is 5.91. The topological polar surface area (TPSA) is 59.6 Å². The molecule has 0 radical (unpaired) electrons. The highest BCUT2D eigenvalue weighted by molar-refractivity contribution is 14.0. The molecule has 1 aliphatic carbocycles. The van der Waals surface area contributed by atoms with Gasteiger partial charge in [0.2, 0.25) is 0 Å². The van der Waals surface area contributed by atoms with Gasteiger partial charge in [0.1, 0.15) is 0 Å². The lowest BCUT2D eigenvalue weighted by Crippen LogP contribution is -2.65. The summed E-state index contributed by atoms with van der Waals surface area (Å²) < 4.78 is 5.56.